The Balaban J connectivity index is 1.55. The Morgan fingerprint density at radius 2 is 1.78 bits per heavy atom. The molecular formula is C26H38N4OS. The third kappa shape index (κ3) is 6.72. The minimum absolute atomic E-state index is 0.275. The molecule has 2 heterocycles. The Morgan fingerprint density at radius 1 is 1.03 bits per heavy atom. The number of benzene rings is 1. The predicted molar refractivity (Wildman–Crippen MR) is 139 cm³/mol. The lowest BCUT2D eigenvalue weighted by Gasteiger charge is -2.35. The van der Waals surface area contributed by atoms with Crippen LogP contribution in [0.1, 0.15) is 52.0 Å². The third-order valence-corrected chi connectivity index (χ3v) is 6.73. The molecule has 32 heavy (non-hydrogen) atoms. The summed E-state index contributed by atoms with van der Waals surface area (Å²) in [6.07, 6.45) is 4.56. The molecule has 0 radical (unpaired) electrons. The summed E-state index contributed by atoms with van der Waals surface area (Å²) in [6, 6.07) is 10.8. The Kier molecular flexibility index (Phi) is 9.42. The maximum Gasteiger partial charge on any atom is 0.222 e. The highest BCUT2D eigenvalue weighted by molar-refractivity contribution is 7.80. The van der Waals surface area contributed by atoms with E-state index in [1.807, 2.05) is 4.90 Å². The number of thiocarbonyl (C=S) groups is 1. The summed E-state index contributed by atoms with van der Waals surface area (Å²) in [7, 11) is 0. The fraction of sp³-hybridized carbons (Fsp3) is 0.577. The van der Waals surface area contributed by atoms with Crippen LogP contribution < -0.4 is 4.90 Å². The first-order valence-corrected chi connectivity index (χ1v) is 12.6. The molecule has 0 atom stereocenters. The number of piperazine rings is 1. The lowest BCUT2D eigenvalue weighted by atomic mass is 10.0. The van der Waals surface area contributed by atoms with E-state index < -0.39 is 0 Å². The fourth-order valence-corrected chi connectivity index (χ4v) is 4.67. The van der Waals surface area contributed by atoms with Crippen molar-refractivity contribution in [3.8, 4) is 0 Å². The molecule has 0 aliphatic carbocycles. The zero-order valence-electron chi connectivity index (χ0n) is 20.0. The average Bonchev–Trinajstić information content (AvgIpc) is 2.82. The Labute approximate surface area is 198 Å². The number of carbonyl (C=O) groups is 1. The van der Waals surface area contributed by atoms with Crippen LogP contribution in [-0.2, 0) is 11.2 Å². The summed E-state index contributed by atoms with van der Waals surface area (Å²) < 4.78 is 0. The number of hydrogen-bond donors (Lipinski definition) is 0. The van der Waals surface area contributed by atoms with Gasteiger partial charge in [0.1, 0.15) is 5.82 Å². The number of aromatic nitrogens is 1. The van der Waals surface area contributed by atoms with E-state index in [0.717, 1.165) is 93.1 Å². The number of hydrogen-bond acceptors (Lipinski definition) is 5. The molecule has 1 saturated heterocycles. The number of pyridine rings is 1. The van der Waals surface area contributed by atoms with Gasteiger partial charge in [-0.15, -0.1) is 0 Å². The highest BCUT2D eigenvalue weighted by atomic mass is 32.1. The van der Waals surface area contributed by atoms with Crippen molar-refractivity contribution in [2.24, 2.45) is 0 Å². The van der Waals surface area contributed by atoms with Crippen LogP contribution in [0.5, 0.6) is 0 Å². The van der Waals surface area contributed by atoms with Crippen molar-refractivity contribution in [3.63, 3.8) is 0 Å². The summed E-state index contributed by atoms with van der Waals surface area (Å²) in [6.45, 7) is 13.1. The maximum absolute atomic E-state index is 12.1. The number of fused-ring (bicyclic) bond motifs is 1. The van der Waals surface area contributed by atoms with Gasteiger partial charge in [0, 0.05) is 44.4 Å². The van der Waals surface area contributed by atoms with E-state index in [2.05, 4.69) is 60.9 Å². The summed E-state index contributed by atoms with van der Waals surface area (Å²) in [5, 5.41) is 1.16. The zero-order valence-corrected chi connectivity index (χ0v) is 20.8. The van der Waals surface area contributed by atoms with Gasteiger partial charge < -0.3 is 14.7 Å². The molecular weight excluding hydrogens is 416 g/mol. The third-order valence-electron chi connectivity index (χ3n) is 6.38. The number of rotatable bonds is 11. The molecule has 1 aliphatic rings. The van der Waals surface area contributed by atoms with Gasteiger partial charge >= 0.3 is 0 Å². The normalized spacial score (nSPS) is 14.4. The molecule has 1 amide bonds. The van der Waals surface area contributed by atoms with Crippen molar-refractivity contribution in [3.05, 3.63) is 35.9 Å². The maximum atomic E-state index is 12.1. The predicted octanol–water partition coefficient (Wildman–Crippen LogP) is 4.72. The molecule has 0 bridgehead atoms. The van der Waals surface area contributed by atoms with Crippen LogP contribution in [0.15, 0.2) is 30.3 Å². The lowest BCUT2D eigenvalue weighted by molar-refractivity contribution is -0.131. The van der Waals surface area contributed by atoms with Gasteiger partial charge in [0.05, 0.1) is 5.52 Å². The molecule has 0 saturated carbocycles. The van der Waals surface area contributed by atoms with Crippen LogP contribution in [0.25, 0.3) is 10.9 Å². The van der Waals surface area contributed by atoms with Gasteiger partial charge in [-0.05, 0) is 73.6 Å². The molecule has 0 unspecified atom stereocenters. The summed E-state index contributed by atoms with van der Waals surface area (Å²) in [5.41, 5.74) is 2.28. The van der Waals surface area contributed by atoms with Gasteiger partial charge in [0.2, 0.25) is 5.91 Å². The van der Waals surface area contributed by atoms with E-state index >= 15 is 0 Å². The molecule has 6 heteroatoms. The van der Waals surface area contributed by atoms with Gasteiger partial charge in [-0.25, -0.2) is 4.98 Å². The minimum Gasteiger partial charge on any atom is -0.353 e. The lowest BCUT2D eigenvalue weighted by Crippen LogP contribution is -2.49. The molecule has 1 aliphatic heterocycles. The summed E-state index contributed by atoms with van der Waals surface area (Å²) in [5.74, 6) is 1.27. The first kappa shape index (κ1) is 24.6. The molecule has 2 aromatic rings. The number of carbonyl (C=O) groups excluding carboxylic acids is 1. The summed E-state index contributed by atoms with van der Waals surface area (Å²) in [4.78, 5) is 24.9. The van der Waals surface area contributed by atoms with E-state index in [1.165, 1.54) is 5.56 Å². The molecule has 174 valence electrons. The first-order chi connectivity index (χ1) is 15.5. The molecule has 5 nitrogen and oxygen atoms in total. The Bertz CT molecular complexity index is 904. The van der Waals surface area contributed by atoms with Gasteiger partial charge in [0.15, 0.2) is 0 Å². The average molecular weight is 455 g/mol. The van der Waals surface area contributed by atoms with Crippen LogP contribution in [0.2, 0.25) is 0 Å². The number of anilines is 1. The zero-order chi connectivity index (χ0) is 22.9. The second-order valence-electron chi connectivity index (χ2n) is 8.66. The van der Waals surface area contributed by atoms with E-state index in [4.69, 9.17) is 17.2 Å². The van der Waals surface area contributed by atoms with Gasteiger partial charge in [-0.2, -0.15) is 0 Å². The quantitative estimate of drug-likeness (QED) is 0.460. The van der Waals surface area contributed by atoms with Crippen molar-refractivity contribution >= 4 is 39.7 Å². The highest BCUT2D eigenvalue weighted by Gasteiger charge is 2.21. The van der Waals surface area contributed by atoms with Crippen LogP contribution in [0.4, 0.5) is 5.82 Å². The molecule has 1 aromatic carbocycles. The Morgan fingerprint density at radius 3 is 2.47 bits per heavy atom. The van der Waals surface area contributed by atoms with E-state index in [-0.39, 0.29) is 5.91 Å². The van der Waals surface area contributed by atoms with Gasteiger partial charge in [0.25, 0.3) is 0 Å². The molecule has 0 N–H and O–H groups in total. The fourth-order valence-electron chi connectivity index (χ4n) is 4.36. The van der Waals surface area contributed by atoms with Crippen LogP contribution >= 0.6 is 12.2 Å². The molecule has 3 rings (SSSR count). The number of nitrogens with zero attached hydrogens (tertiary/aromatic N) is 4. The smallest absolute Gasteiger partial charge is 0.222 e. The van der Waals surface area contributed by atoms with Crippen LogP contribution in [0.3, 0.4) is 0 Å². The SMILES string of the molecule is CCCC(=O)N1CCN(c2ccc3cc(CC(=S)CCCN(CC)CC)ccc3n2)CC1. The van der Waals surface area contributed by atoms with Crippen molar-refractivity contribution in [2.75, 3.05) is 50.7 Å². The minimum atomic E-state index is 0.275. The summed E-state index contributed by atoms with van der Waals surface area (Å²) >= 11 is 5.66. The second-order valence-corrected chi connectivity index (χ2v) is 9.24. The topological polar surface area (TPSA) is 39.7 Å². The second kappa shape index (κ2) is 12.3. The van der Waals surface area contributed by atoms with Crippen molar-refractivity contribution in [1.29, 1.82) is 0 Å². The van der Waals surface area contributed by atoms with Crippen molar-refractivity contribution in [1.82, 2.24) is 14.8 Å². The van der Waals surface area contributed by atoms with E-state index in [0.29, 0.717) is 6.42 Å². The Hall–Kier alpha value is -2.05. The molecule has 0 spiro atoms. The van der Waals surface area contributed by atoms with E-state index in [1.54, 1.807) is 0 Å². The largest absolute Gasteiger partial charge is 0.353 e. The molecule has 1 aromatic heterocycles. The first-order valence-electron chi connectivity index (χ1n) is 12.2. The van der Waals surface area contributed by atoms with Crippen molar-refractivity contribution < 1.29 is 4.79 Å². The van der Waals surface area contributed by atoms with Gasteiger partial charge in [-0.1, -0.05) is 39.1 Å². The van der Waals surface area contributed by atoms with Crippen molar-refractivity contribution in [2.45, 2.75) is 52.9 Å². The molecule has 1 fully saturated rings. The standard InChI is InChI=1S/C26H38N4OS/c1-4-8-26(31)30-17-15-29(16-18-30)25-13-11-22-19-21(10-12-24(22)27-25)20-23(32)9-7-14-28(5-2)6-3/h10-13,19H,4-9,14-18,20H2,1-3H3. The monoisotopic (exact) mass is 454 g/mol. The van der Waals surface area contributed by atoms with Crippen LogP contribution in [-0.4, -0.2) is 71.4 Å². The highest BCUT2D eigenvalue weighted by Crippen LogP contribution is 2.21. The van der Waals surface area contributed by atoms with Crippen LogP contribution in [0, 0.1) is 0 Å². The van der Waals surface area contributed by atoms with Gasteiger partial charge in [-0.3, -0.25) is 4.79 Å². The number of amides is 1. The van der Waals surface area contributed by atoms with E-state index in [9.17, 15) is 4.79 Å².